The highest BCUT2D eigenvalue weighted by atomic mass is 19.4. The van der Waals surface area contributed by atoms with E-state index in [1.165, 1.54) is 0 Å². The van der Waals surface area contributed by atoms with Crippen molar-refractivity contribution in [3.8, 4) is 0 Å². The number of halogens is 3. The van der Waals surface area contributed by atoms with E-state index in [0.717, 1.165) is 43.7 Å². The van der Waals surface area contributed by atoms with Gasteiger partial charge in [0.1, 0.15) is 0 Å². The number of carbonyl (C=O) groups is 1. The molecule has 0 saturated heterocycles. The fraction of sp³-hybridized carbons (Fsp3) is 0.562. The molecule has 2 atom stereocenters. The summed E-state index contributed by atoms with van der Waals surface area (Å²) in [7, 11) is 0. The summed E-state index contributed by atoms with van der Waals surface area (Å²) in [4.78, 5) is 11.1. The van der Waals surface area contributed by atoms with Crippen molar-refractivity contribution in [2.45, 2.75) is 50.6 Å². The molecule has 5 heteroatoms. The first-order valence-corrected chi connectivity index (χ1v) is 7.36. The predicted molar refractivity (Wildman–Crippen MR) is 71.4 cm³/mol. The zero-order valence-electron chi connectivity index (χ0n) is 11.5. The van der Waals surface area contributed by atoms with Crippen molar-refractivity contribution in [3.05, 3.63) is 34.4 Å². The first kappa shape index (κ1) is 14.4. The molecular formula is C16H17F3O2. The maximum Gasteiger partial charge on any atom is 0.417 e. The van der Waals surface area contributed by atoms with E-state index in [9.17, 15) is 18.0 Å². The summed E-state index contributed by atoms with van der Waals surface area (Å²) in [5.41, 5.74) is -0.569. The molecule has 0 aromatic heterocycles. The molecule has 3 rings (SSSR count). The third-order valence-corrected chi connectivity index (χ3v) is 4.94. The van der Waals surface area contributed by atoms with Gasteiger partial charge < -0.3 is 5.11 Å². The van der Waals surface area contributed by atoms with Crippen LogP contribution in [0.25, 0.3) is 0 Å². The zero-order chi connectivity index (χ0) is 15.2. The van der Waals surface area contributed by atoms with Gasteiger partial charge in [0.2, 0.25) is 0 Å². The number of benzene rings is 1. The minimum Gasteiger partial charge on any atom is -0.478 e. The summed E-state index contributed by atoms with van der Waals surface area (Å²) in [6, 6.07) is 2.76. The molecule has 0 bridgehead atoms. The van der Waals surface area contributed by atoms with E-state index >= 15 is 0 Å². The molecule has 0 heterocycles. The molecule has 21 heavy (non-hydrogen) atoms. The highest BCUT2D eigenvalue weighted by molar-refractivity contribution is 5.90. The Labute approximate surface area is 121 Å². The Morgan fingerprint density at radius 2 is 1.86 bits per heavy atom. The standard InChI is InChI=1S/C16H17F3O2/c17-16(18,19)14-12-6-5-9-3-1-2-4-10(9)11(12)7-8-13(14)15(20)21/h7-10H,1-6H2,(H,20,21). The molecular weight excluding hydrogens is 281 g/mol. The SMILES string of the molecule is O=C(O)c1ccc2c(c1C(F)(F)F)CCC1CCCCC21. The van der Waals surface area contributed by atoms with Crippen molar-refractivity contribution in [1.29, 1.82) is 0 Å². The van der Waals surface area contributed by atoms with E-state index in [2.05, 4.69) is 0 Å². The van der Waals surface area contributed by atoms with Gasteiger partial charge in [-0.2, -0.15) is 13.2 Å². The molecule has 2 aliphatic rings. The average Bonchev–Trinajstić information content (AvgIpc) is 2.44. The van der Waals surface area contributed by atoms with Crippen molar-refractivity contribution in [2.24, 2.45) is 5.92 Å². The normalized spacial score (nSPS) is 25.1. The number of fused-ring (bicyclic) bond motifs is 3. The molecule has 1 saturated carbocycles. The molecule has 0 spiro atoms. The van der Waals surface area contributed by atoms with Crippen molar-refractivity contribution in [3.63, 3.8) is 0 Å². The minimum atomic E-state index is -4.61. The summed E-state index contributed by atoms with van der Waals surface area (Å²) in [5, 5.41) is 9.06. The van der Waals surface area contributed by atoms with Crippen LogP contribution in [0.3, 0.4) is 0 Å². The minimum absolute atomic E-state index is 0.173. The van der Waals surface area contributed by atoms with E-state index in [1.54, 1.807) is 6.07 Å². The lowest BCUT2D eigenvalue weighted by molar-refractivity contribution is -0.138. The molecule has 2 aliphatic carbocycles. The van der Waals surface area contributed by atoms with Gasteiger partial charge in [0.15, 0.2) is 0 Å². The molecule has 2 unspecified atom stereocenters. The van der Waals surface area contributed by atoms with Crippen molar-refractivity contribution >= 4 is 5.97 Å². The van der Waals surface area contributed by atoms with Gasteiger partial charge in [-0.1, -0.05) is 18.9 Å². The van der Waals surface area contributed by atoms with Crippen LogP contribution >= 0.6 is 0 Å². The first-order chi connectivity index (χ1) is 9.89. The van der Waals surface area contributed by atoms with Gasteiger partial charge in [-0.25, -0.2) is 4.79 Å². The molecule has 0 radical (unpaired) electrons. The maximum atomic E-state index is 13.4. The molecule has 1 fully saturated rings. The van der Waals surface area contributed by atoms with Crippen LogP contribution in [-0.4, -0.2) is 11.1 Å². The van der Waals surface area contributed by atoms with E-state index in [-0.39, 0.29) is 11.5 Å². The lowest BCUT2D eigenvalue weighted by Crippen LogP contribution is -2.27. The fourth-order valence-electron chi connectivity index (χ4n) is 4.08. The number of aromatic carboxylic acids is 1. The van der Waals surface area contributed by atoms with E-state index in [0.29, 0.717) is 12.3 Å². The number of alkyl halides is 3. The Bertz CT molecular complexity index is 578. The van der Waals surface area contributed by atoms with Crippen LogP contribution in [0.2, 0.25) is 0 Å². The second-order valence-electron chi connectivity index (χ2n) is 6.05. The maximum absolute atomic E-state index is 13.4. The van der Waals surface area contributed by atoms with E-state index in [4.69, 9.17) is 5.11 Å². The molecule has 0 amide bonds. The summed E-state index contributed by atoms with van der Waals surface area (Å²) >= 11 is 0. The third-order valence-electron chi connectivity index (χ3n) is 4.94. The average molecular weight is 298 g/mol. The topological polar surface area (TPSA) is 37.3 Å². The Kier molecular flexibility index (Phi) is 3.46. The van der Waals surface area contributed by atoms with Gasteiger partial charge in [-0.15, -0.1) is 0 Å². The van der Waals surface area contributed by atoms with Gasteiger partial charge in [-0.05, 0) is 54.7 Å². The zero-order valence-corrected chi connectivity index (χ0v) is 11.5. The first-order valence-electron chi connectivity index (χ1n) is 7.36. The van der Waals surface area contributed by atoms with Crippen molar-refractivity contribution in [1.82, 2.24) is 0 Å². The van der Waals surface area contributed by atoms with E-state index < -0.39 is 23.3 Å². The molecule has 1 aromatic carbocycles. The summed E-state index contributed by atoms with van der Waals surface area (Å²) in [5.74, 6) is -0.870. The Hall–Kier alpha value is -1.52. The molecule has 2 nitrogen and oxygen atoms in total. The van der Waals surface area contributed by atoms with Crippen LogP contribution in [0, 0.1) is 5.92 Å². The second-order valence-corrected chi connectivity index (χ2v) is 6.05. The Balaban J connectivity index is 2.16. The largest absolute Gasteiger partial charge is 0.478 e. The van der Waals surface area contributed by atoms with Crippen LogP contribution in [-0.2, 0) is 12.6 Å². The quantitative estimate of drug-likeness (QED) is 0.821. The van der Waals surface area contributed by atoms with Crippen LogP contribution in [0.1, 0.15) is 65.1 Å². The van der Waals surface area contributed by atoms with Crippen LogP contribution in [0.5, 0.6) is 0 Å². The summed E-state index contributed by atoms with van der Waals surface area (Å²) in [6.07, 6.45) is 0.656. The highest BCUT2D eigenvalue weighted by Gasteiger charge is 2.42. The van der Waals surface area contributed by atoms with Crippen molar-refractivity contribution in [2.75, 3.05) is 0 Å². The molecule has 114 valence electrons. The third kappa shape index (κ3) is 2.43. The summed E-state index contributed by atoms with van der Waals surface area (Å²) in [6.45, 7) is 0. The van der Waals surface area contributed by atoms with Gasteiger partial charge in [-0.3, -0.25) is 0 Å². The van der Waals surface area contributed by atoms with Crippen molar-refractivity contribution < 1.29 is 23.1 Å². The predicted octanol–water partition coefficient (Wildman–Crippen LogP) is 4.62. The Morgan fingerprint density at radius 1 is 1.14 bits per heavy atom. The van der Waals surface area contributed by atoms with Crippen LogP contribution in [0.4, 0.5) is 13.2 Å². The molecule has 0 aliphatic heterocycles. The number of carboxylic acids is 1. The number of hydrogen-bond acceptors (Lipinski definition) is 1. The lowest BCUT2D eigenvalue weighted by atomic mass is 9.67. The molecule has 1 aromatic rings. The van der Waals surface area contributed by atoms with Gasteiger partial charge in [0.05, 0.1) is 11.1 Å². The fourth-order valence-corrected chi connectivity index (χ4v) is 4.08. The van der Waals surface area contributed by atoms with Gasteiger partial charge in [0.25, 0.3) is 0 Å². The highest BCUT2D eigenvalue weighted by Crippen LogP contribution is 2.48. The number of carboxylic acid groups (broad SMARTS) is 1. The number of hydrogen-bond donors (Lipinski definition) is 1. The van der Waals surface area contributed by atoms with Gasteiger partial charge >= 0.3 is 12.1 Å². The second kappa shape index (κ2) is 5.04. The molecule has 1 N–H and O–H groups in total. The number of rotatable bonds is 1. The van der Waals surface area contributed by atoms with Crippen LogP contribution in [0.15, 0.2) is 12.1 Å². The Morgan fingerprint density at radius 3 is 2.52 bits per heavy atom. The smallest absolute Gasteiger partial charge is 0.417 e. The summed E-state index contributed by atoms with van der Waals surface area (Å²) < 4.78 is 40.1. The monoisotopic (exact) mass is 298 g/mol. The van der Waals surface area contributed by atoms with E-state index in [1.807, 2.05) is 0 Å². The van der Waals surface area contributed by atoms with Gasteiger partial charge in [0, 0.05) is 0 Å². The lowest BCUT2D eigenvalue weighted by Gasteiger charge is -2.38. The van der Waals surface area contributed by atoms with Crippen LogP contribution < -0.4 is 0 Å².